The van der Waals surface area contributed by atoms with Crippen LogP contribution in [0.4, 0.5) is 0 Å². The fourth-order valence-electron chi connectivity index (χ4n) is 11.9. The highest BCUT2D eigenvalue weighted by Gasteiger charge is 2.62. The van der Waals surface area contributed by atoms with Gasteiger partial charge < -0.3 is 64.5 Å². The minimum absolute atomic E-state index is 0.103. The van der Waals surface area contributed by atoms with Crippen molar-refractivity contribution in [3.8, 4) is 0 Å². The molecule has 54 heavy (non-hydrogen) atoms. The van der Waals surface area contributed by atoms with Crippen LogP contribution in [0.25, 0.3) is 0 Å². The number of hydrogen-bond acceptors (Lipinski definition) is 14. The zero-order chi connectivity index (χ0) is 39.0. The van der Waals surface area contributed by atoms with E-state index in [2.05, 4.69) is 26.8 Å². The third-order valence-corrected chi connectivity index (χ3v) is 15.4. The molecule has 2 saturated heterocycles. The molecule has 5 fully saturated rings. The van der Waals surface area contributed by atoms with Crippen LogP contribution < -0.4 is 0 Å². The van der Waals surface area contributed by atoms with Gasteiger partial charge in [-0.25, -0.2) is 4.79 Å². The molecule has 3 saturated carbocycles. The molecule has 8 N–H and O–H groups in total. The van der Waals surface area contributed by atoms with E-state index in [1.165, 1.54) is 0 Å². The van der Waals surface area contributed by atoms with Crippen LogP contribution in [0.3, 0.4) is 0 Å². The predicted octanol–water partition coefficient (Wildman–Crippen LogP) is 0.834. The third kappa shape index (κ3) is 6.73. The molecule has 0 bridgehead atoms. The van der Waals surface area contributed by atoms with Gasteiger partial charge in [-0.05, 0) is 87.4 Å². The van der Waals surface area contributed by atoms with Crippen molar-refractivity contribution >= 4 is 5.97 Å². The Labute approximate surface area is 317 Å². The molecule has 4 aliphatic carbocycles. The maximum absolute atomic E-state index is 12.6. The summed E-state index contributed by atoms with van der Waals surface area (Å²) in [6.45, 7) is 9.70. The number of aliphatic hydroxyl groups excluding tert-OH is 8. The molecular formula is C40H62O14. The molecule has 306 valence electrons. The quantitative estimate of drug-likeness (QED) is 0.127. The lowest BCUT2D eigenvalue weighted by atomic mass is 9.46. The molecular weight excluding hydrogens is 704 g/mol. The maximum atomic E-state index is 12.6. The molecule has 7 rings (SSSR count). The molecule has 14 heteroatoms. The number of allylic oxidation sites excluding steroid dienone is 1. The minimum Gasteiger partial charge on any atom is -0.458 e. The van der Waals surface area contributed by atoms with Gasteiger partial charge in [0.2, 0.25) is 0 Å². The number of ether oxygens (including phenoxy) is 5. The van der Waals surface area contributed by atoms with Crippen molar-refractivity contribution in [2.24, 2.45) is 40.4 Å². The first-order chi connectivity index (χ1) is 25.5. The van der Waals surface area contributed by atoms with E-state index in [0.29, 0.717) is 30.1 Å². The van der Waals surface area contributed by atoms with Gasteiger partial charge in [0.15, 0.2) is 12.6 Å². The van der Waals surface area contributed by atoms with Gasteiger partial charge in [-0.3, -0.25) is 0 Å². The van der Waals surface area contributed by atoms with Gasteiger partial charge in [0.25, 0.3) is 0 Å². The van der Waals surface area contributed by atoms with Gasteiger partial charge in [0.05, 0.1) is 25.4 Å². The monoisotopic (exact) mass is 766 g/mol. The largest absolute Gasteiger partial charge is 0.458 e. The van der Waals surface area contributed by atoms with Crippen molar-refractivity contribution in [2.75, 3.05) is 13.2 Å². The van der Waals surface area contributed by atoms with E-state index >= 15 is 0 Å². The number of aliphatic hydroxyl groups is 8. The first-order valence-corrected chi connectivity index (χ1v) is 20.0. The van der Waals surface area contributed by atoms with Crippen molar-refractivity contribution in [3.63, 3.8) is 0 Å². The van der Waals surface area contributed by atoms with Gasteiger partial charge in [0.1, 0.15) is 54.9 Å². The van der Waals surface area contributed by atoms with Gasteiger partial charge in [-0.2, -0.15) is 0 Å². The average molecular weight is 767 g/mol. The fourth-order valence-corrected chi connectivity index (χ4v) is 11.9. The van der Waals surface area contributed by atoms with Gasteiger partial charge >= 0.3 is 5.97 Å². The Bertz CT molecular complexity index is 1450. The Morgan fingerprint density at radius 2 is 1.52 bits per heavy atom. The van der Waals surface area contributed by atoms with Crippen LogP contribution in [0.15, 0.2) is 22.8 Å². The highest BCUT2D eigenvalue weighted by Crippen LogP contribution is 2.67. The van der Waals surface area contributed by atoms with Gasteiger partial charge in [-0.1, -0.05) is 38.0 Å². The number of esters is 1. The molecule has 0 aromatic heterocycles. The number of hydrogen-bond donors (Lipinski definition) is 8. The Balaban J connectivity index is 1.00. The first kappa shape index (κ1) is 40.7. The van der Waals surface area contributed by atoms with E-state index in [-0.39, 0.29) is 29.8 Å². The number of rotatable bonds is 8. The summed E-state index contributed by atoms with van der Waals surface area (Å²) < 4.78 is 29.1. The molecule has 0 radical (unpaired) electrons. The lowest BCUT2D eigenvalue weighted by Crippen LogP contribution is -2.62. The Morgan fingerprint density at radius 1 is 0.852 bits per heavy atom. The number of fused-ring (bicyclic) bond motifs is 5. The maximum Gasteiger partial charge on any atom is 0.333 e. The normalized spacial score (nSPS) is 51.5. The molecule has 20 atom stereocenters. The Hall–Kier alpha value is -1.53. The second kappa shape index (κ2) is 15.3. The number of cyclic esters (lactones) is 1. The predicted molar refractivity (Wildman–Crippen MR) is 190 cm³/mol. The molecule has 0 aromatic rings. The second-order valence-electron chi connectivity index (χ2n) is 18.0. The van der Waals surface area contributed by atoms with Crippen LogP contribution >= 0.6 is 0 Å². The van der Waals surface area contributed by atoms with Crippen molar-refractivity contribution in [1.82, 2.24) is 0 Å². The summed E-state index contributed by atoms with van der Waals surface area (Å²) in [6.07, 6.45) is -7.38. The second-order valence-corrected chi connectivity index (χ2v) is 18.0. The number of carbonyl (C=O) groups is 1. The summed E-state index contributed by atoms with van der Waals surface area (Å²) in [6, 6.07) is 0. The Kier molecular flexibility index (Phi) is 11.5. The molecule has 0 amide bonds. The lowest BCUT2D eigenvalue weighted by molar-refractivity contribution is -0.337. The highest BCUT2D eigenvalue weighted by atomic mass is 16.7. The molecule has 3 aliphatic heterocycles. The van der Waals surface area contributed by atoms with E-state index in [9.17, 15) is 45.6 Å². The fraction of sp³-hybridized carbons (Fsp3) is 0.875. The van der Waals surface area contributed by atoms with E-state index < -0.39 is 92.2 Å². The van der Waals surface area contributed by atoms with Crippen molar-refractivity contribution in [2.45, 2.75) is 166 Å². The molecule has 14 nitrogen and oxygen atoms in total. The topological polar surface area (TPSA) is 225 Å². The lowest BCUT2D eigenvalue weighted by Gasteiger charge is -2.60. The highest BCUT2D eigenvalue weighted by molar-refractivity contribution is 5.89. The van der Waals surface area contributed by atoms with Crippen molar-refractivity contribution in [3.05, 3.63) is 22.8 Å². The summed E-state index contributed by atoms with van der Waals surface area (Å²) in [4.78, 5) is 12.6. The van der Waals surface area contributed by atoms with Crippen LogP contribution in [0.2, 0.25) is 0 Å². The molecule has 0 spiro atoms. The zero-order valence-electron chi connectivity index (χ0n) is 32.1. The van der Waals surface area contributed by atoms with Gasteiger partial charge in [-0.15, -0.1) is 0 Å². The van der Waals surface area contributed by atoms with Crippen molar-refractivity contribution < 1.29 is 69.3 Å². The standard InChI is InChI=1S/C40H62O14/c1-17-12-26(52-36(49)18(17)2)19(3)23-8-9-24-22-7-6-20-13-21(14-29(42)40(20,5)25(22)10-11-39(23,24)4)51-38-35(48)33(46)31(44)28(54-38)16-50-37-34(47)32(45)30(43)27(15-41)53-37/h6,19,21-35,37-38,41-48H,7-16H2,1-5H3/t19-,21+,22-,23+,24-,25-,26+,27?,28?,29-,30+,31+,32?,33?,34?,35?,37+,38+,39+,40-/m0/s1. The van der Waals surface area contributed by atoms with E-state index in [1.54, 1.807) is 0 Å². The van der Waals surface area contributed by atoms with Crippen LogP contribution in [-0.4, -0.2) is 140 Å². The van der Waals surface area contributed by atoms with Gasteiger partial charge in [0, 0.05) is 23.8 Å². The van der Waals surface area contributed by atoms with E-state index in [1.807, 2.05) is 13.8 Å². The summed E-state index contributed by atoms with van der Waals surface area (Å²) in [7, 11) is 0. The SMILES string of the molecule is CC1=C(C)C(=O)O[C@@H]([C@@H](C)[C@H]2CC[C@H]3[C@@H]4CC=C5C[C@@H](O[C@@H]6OC(CO[C@@H]7OC(CO)[C@@H](O)C(O)C7O)[C@@H](O)C(O)C6O)C[C@H](O)[C@]5(C)[C@H]4CC[C@]23C)C1. The summed E-state index contributed by atoms with van der Waals surface area (Å²) in [5.41, 5.74) is 2.65. The zero-order valence-corrected chi connectivity index (χ0v) is 32.1. The summed E-state index contributed by atoms with van der Waals surface area (Å²) in [5.74, 6) is 1.72. The van der Waals surface area contributed by atoms with Crippen LogP contribution in [0, 0.1) is 40.4 Å². The summed E-state index contributed by atoms with van der Waals surface area (Å²) >= 11 is 0. The van der Waals surface area contributed by atoms with Crippen LogP contribution in [0.1, 0.15) is 86.0 Å². The van der Waals surface area contributed by atoms with E-state index in [0.717, 1.165) is 55.2 Å². The average Bonchev–Trinajstić information content (AvgIpc) is 3.50. The molecule has 0 aromatic carbocycles. The Morgan fingerprint density at radius 3 is 2.20 bits per heavy atom. The summed E-state index contributed by atoms with van der Waals surface area (Å²) in [5, 5.41) is 84.3. The smallest absolute Gasteiger partial charge is 0.333 e. The molecule has 6 unspecified atom stereocenters. The number of carbonyl (C=O) groups excluding carboxylic acids is 1. The first-order valence-electron chi connectivity index (χ1n) is 20.0. The molecule has 7 aliphatic rings. The molecule has 3 heterocycles. The van der Waals surface area contributed by atoms with Crippen molar-refractivity contribution in [1.29, 1.82) is 0 Å². The van der Waals surface area contributed by atoms with Crippen LogP contribution in [-0.2, 0) is 28.5 Å². The van der Waals surface area contributed by atoms with Crippen LogP contribution in [0.5, 0.6) is 0 Å². The van der Waals surface area contributed by atoms with E-state index in [4.69, 9.17) is 23.7 Å². The minimum atomic E-state index is -1.67. The third-order valence-electron chi connectivity index (χ3n) is 15.4.